The summed E-state index contributed by atoms with van der Waals surface area (Å²) >= 11 is 0. The van der Waals surface area contributed by atoms with Gasteiger partial charge in [0.1, 0.15) is 0 Å². The molecule has 1 amide bonds. The van der Waals surface area contributed by atoms with Crippen molar-refractivity contribution < 1.29 is 13.2 Å². The Labute approximate surface area is 181 Å². The number of carbonyl (C=O) groups excluding carboxylic acids is 1. The van der Waals surface area contributed by atoms with E-state index < -0.39 is 10.0 Å². The highest BCUT2D eigenvalue weighted by Crippen LogP contribution is 2.26. The van der Waals surface area contributed by atoms with Gasteiger partial charge in [-0.15, -0.1) is 0 Å². The first-order chi connectivity index (χ1) is 14.4. The molecule has 0 unspecified atom stereocenters. The molecule has 1 aromatic carbocycles. The van der Waals surface area contributed by atoms with Crippen molar-refractivity contribution in [2.75, 3.05) is 32.7 Å². The van der Waals surface area contributed by atoms with Gasteiger partial charge in [-0.25, -0.2) is 13.1 Å². The summed E-state index contributed by atoms with van der Waals surface area (Å²) in [6, 6.07) is 4.97. The highest BCUT2D eigenvalue weighted by Gasteiger charge is 2.29. The topological polar surface area (TPSA) is 69.7 Å². The van der Waals surface area contributed by atoms with Crippen molar-refractivity contribution in [3.05, 3.63) is 29.3 Å². The zero-order valence-corrected chi connectivity index (χ0v) is 18.9. The van der Waals surface area contributed by atoms with Gasteiger partial charge in [-0.1, -0.05) is 25.3 Å². The number of benzene rings is 1. The zero-order valence-electron chi connectivity index (χ0n) is 18.1. The second-order valence-electron chi connectivity index (χ2n) is 9.32. The van der Waals surface area contributed by atoms with E-state index in [1.54, 1.807) is 18.2 Å². The lowest BCUT2D eigenvalue weighted by molar-refractivity contribution is 0.0759. The van der Waals surface area contributed by atoms with Crippen molar-refractivity contribution in [1.29, 1.82) is 0 Å². The fourth-order valence-electron chi connectivity index (χ4n) is 4.75. The summed E-state index contributed by atoms with van der Waals surface area (Å²) in [5.74, 6) is 0.764. The maximum absolute atomic E-state index is 13.3. The maximum atomic E-state index is 13.3. The van der Waals surface area contributed by atoms with E-state index in [0.29, 0.717) is 12.1 Å². The molecular formula is C23H35N3O3S. The molecule has 30 heavy (non-hydrogen) atoms. The Morgan fingerprint density at radius 3 is 2.50 bits per heavy atom. The predicted octanol–water partition coefficient (Wildman–Crippen LogP) is 3.16. The highest BCUT2D eigenvalue weighted by atomic mass is 32.2. The zero-order chi connectivity index (χ0) is 21.1. The molecule has 1 N–H and O–H groups in total. The fraction of sp³-hybridized carbons (Fsp3) is 0.696. The largest absolute Gasteiger partial charge is 0.337 e. The Bertz CT molecular complexity index is 860. The molecule has 166 valence electrons. The Kier molecular flexibility index (Phi) is 6.80. The summed E-state index contributed by atoms with van der Waals surface area (Å²) in [6.45, 7) is 6.42. The van der Waals surface area contributed by atoms with Crippen molar-refractivity contribution in [1.82, 2.24) is 14.5 Å². The molecule has 1 aromatic rings. The number of carbonyl (C=O) groups is 1. The summed E-state index contributed by atoms with van der Waals surface area (Å²) in [6.07, 6.45) is 9.53. The quantitative estimate of drug-likeness (QED) is 0.748. The number of aryl methyl sites for hydroxylation is 1. The van der Waals surface area contributed by atoms with Gasteiger partial charge in [0.2, 0.25) is 10.0 Å². The Hall–Kier alpha value is -1.44. The van der Waals surface area contributed by atoms with Gasteiger partial charge in [-0.3, -0.25) is 4.79 Å². The van der Waals surface area contributed by atoms with Crippen molar-refractivity contribution in [2.45, 2.75) is 69.2 Å². The molecule has 1 aliphatic heterocycles. The Balaban J connectivity index is 1.41. The monoisotopic (exact) mass is 433 g/mol. The molecule has 0 bridgehead atoms. The van der Waals surface area contributed by atoms with Crippen LogP contribution >= 0.6 is 0 Å². The fourth-order valence-corrected chi connectivity index (χ4v) is 6.08. The van der Waals surface area contributed by atoms with E-state index in [1.165, 1.54) is 32.1 Å². The molecule has 0 spiro atoms. The standard InChI is InChI=1S/C23H35N3O3S/c1-18-8-11-21(30(28,29)24-20-9-10-20)16-22(18)23(27)26-13-5-12-25(14-15-26)17-19-6-3-2-4-7-19/h8,11,16,19-20,24H,2-7,9-10,12-15,17H2,1H3. The third-order valence-corrected chi connectivity index (χ3v) is 8.28. The van der Waals surface area contributed by atoms with Gasteiger partial charge in [-0.2, -0.15) is 0 Å². The molecule has 0 atom stereocenters. The van der Waals surface area contributed by atoms with Gasteiger partial charge >= 0.3 is 0 Å². The SMILES string of the molecule is Cc1ccc(S(=O)(=O)NC2CC2)cc1C(=O)N1CCCN(CC2CCCCC2)CC1. The second kappa shape index (κ2) is 9.37. The number of amides is 1. The van der Waals surface area contributed by atoms with E-state index in [9.17, 15) is 13.2 Å². The van der Waals surface area contributed by atoms with Crippen LogP contribution in [-0.2, 0) is 10.0 Å². The van der Waals surface area contributed by atoms with Crippen LogP contribution < -0.4 is 4.72 Å². The van der Waals surface area contributed by atoms with E-state index in [-0.39, 0.29) is 16.8 Å². The van der Waals surface area contributed by atoms with Crippen molar-refractivity contribution >= 4 is 15.9 Å². The van der Waals surface area contributed by atoms with Crippen LogP contribution in [0.25, 0.3) is 0 Å². The number of sulfonamides is 1. The van der Waals surface area contributed by atoms with Crippen LogP contribution in [0.2, 0.25) is 0 Å². The summed E-state index contributed by atoms with van der Waals surface area (Å²) in [7, 11) is -3.56. The number of hydrogen-bond acceptors (Lipinski definition) is 4. The first-order valence-electron chi connectivity index (χ1n) is 11.6. The average molecular weight is 434 g/mol. The van der Waals surface area contributed by atoms with E-state index in [4.69, 9.17) is 0 Å². The van der Waals surface area contributed by atoms with E-state index in [2.05, 4.69) is 9.62 Å². The van der Waals surface area contributed by atoms with Gasteiger partial charge in [0.05, 0.1) is 4.90 Å². The van der Waals surface area contributed by atoms with Crippen LogP contribution in [0.1, 0.15) is 67.3 Å². The number of rotatable bonds is 6. The second-order valence-corrected chi connectivity index (χ2v) is 11.0. The molecule has 3 aliphatic rings. The van der Waals surface area contributed by atoms with Gasteiger partial charge in [0.25, 0.3) is 5.91 Å². The molecule has 1 heterocycles. The van der Waals surface area contributed by atoms with Gasteiger partial charge in [0, 0.05) is 37.8 Å². The lowest BCUT2D eigenvalue weighted by Crippen LogP contribution is -2.37. The van der Waals surface area contributed by atoms with Crippen LogP contribution in [0.5, 0.6) is 0 Å². The third kappa shape index (κ3) is 5.42. The molecule has 0 aromatic heterocycles. The maximum Gasteiger partial charge on any atom is 0.254 e. The lowest BCUT2D eigenvalue weighted by atomic mass is 9.89. The summed E-state index contributed by atoms with van der Waals surface area (Å²) in [5.41, 5.74) is 1.34. The molecule has 6 nitrogen and oxygen atoms in total. The first-order valence-corrected chi connectivity index (χ1v) is 13.1. The van der Waals surface area contributed by atoms with Crippen LogP contribution in [-0.4, -0.2) is 62.9 Å². The minimum Gasteiger partial charge on any atom is -0.337 e. The van der Waals surface area contributed by atoms with Crippen molar-refractivity contribution in [3.8, 4) is 0 Å². The number of nitrogens with one attached hydrogen (secondary N) is 1. The Morgan fingerprint density at radius 1 is 1.00 bits per heavy atom. The van der Waals surface area contributed by atoms with Crippen molar-refractivity contribution in [3.63, 3.8) is 0 Å². The third-order valence-electron chi connectivity index (χ3n) is 6.77. The molecule has 0 radical (unpaired) electrons. The van der Waals surface area contributed by atoms with Gasteiger partial charge < -0.3 is 9.80 Å². The molecule has 1 saturated heterocycles. The highest BCUT2D eigenvalue weighted by molar-refractivity contribution is 7.89. The van der Waals surface area contributed by atoms with Crippen LogP contribution in [0, 0.1) is 12.8 Å². The number of hydrogen-bond donors (Lipinski definition) is 1. The van der Waals surface area contributed by atoms with E-state index >= 15 is 0 Å². The molecule has 7 heteroatoms. The summed E-state index contributed by atoms with van der Waals surface area (Å²) in [5, 5.41) is 0. The first kappa shape index (κ1) is 21.8. The molecule has 3 fully saturated rings. The summed E-state index contributed by atoms with van der Waals surface area (Å²) in [4.78, 5) is 17.9. The molecule has 2 aliphatic carbocycles. The minimum atomic E-state index is -3.56. The molecule has 2 saturated carbocycles. The Morgan fingerprint density at radius 2 is 1.77 bits per heavy atom. The minimum absolute atomic E-state index is 0.0458. The van der Waals surface area contributed by atoms with E-state index in [1.807, 2.05) is 11.8 Å². The molecular weight excluding hydrogens is 398 g/mol. The lowest BCUT2D eigenvalue weighted by Gasteiger charge is -2.29. The van der Waals surface area contributed by atoms with E-state index in [0.717, 1.165) is 56.9 Å². The van der Waals surface area contributed by atoms with Crippen LogP contribution in [0.3, 0.4) is 0 Å². The van der Waals surface area contributed by atoms with Gasteiger partial charge in [-0.05, 0) is 69.2 Å². The molecule has 4 rings (SSSR count). The predicted molar refractivity (Wildman–Crippen MR) is 118 cm³/mol. The van der Waals surface area contributed by atoms with Gasteiger partial charge in [0.15, 0.2) is 0 Å². The van der Waals surface area contributed by atoms with Crippen LogP contribution in [0.4, 0.5) is 0 Å². The number of nitrogens with zero attached hydrogens (tertiary/aromatic N) is 2. The van der Waals surface area contributed by atoms with Crippen LogP contribution in [0.15, 0.2) is 23.1 Å². The van der Waals surface area contributed by atoms with Crippen molar-refractivity contribution in [2.24, 2.45) is 5.92 Å². The average Bonchev–Trinajstić information content (AvgIpc) is 3.56. The summed E-state index contributed by atoms with van der Waals surface area (Å²) < 4.78 is 27.9. The smallest absolute Gasteiger partial charge is 0.254 e. The normalized spacial score (nSPS) is 22.1.